The number of rotatable bonds is 4. The third-order valence-corrected chi connectivity index (χ3v) is 3.55. The number of amides is 1. The van der Waals surface area contributed by atoms with Gasteiger partial charge >= 0.3 is 6.18 Å². The number of halogens is 3. The van der Waals surface area contributed by atoms with Crippen molar-refractivity contribution in [3.05, 3.63) is 18.0 Å². The zero-order valence-corrected chi connectivity index (χ0v) is 12.9. The second-order valence-electron chi connectivity index (χ2n) is 5.31. The summed E-state index contributed by atoms with van der Waals surface area (Å²) in [4.78, 5) is 22.9. The predicted molar refractivity (Wildman–Crippen MR) is 79.0 cm³/mol. The molecule has 6 nitrogen and oxygen atoms in total. The van der Waals surface area contributed by atoms with E-state index in [1.54, 1.807) is 4.90 Å². The van der Waals surface area contributed by atoms with Crippen molar-refractivity contribution < 1.29 is 18.0 Å². The number of carbonyl (C=O) groups excluding carboxylic acids is 1. The van der Waals surface area contributed by atoms with Crippen LogP contribution in [0, 0.1) is 0 Å². The lowest BCUT2D eigenvalue weighted by molar-refractivity contribution is -0.141. The van der Waals surface area contributed by atoms with Crippen molar-refractivity contribution in [3.8, 4) is 0 Å². The summed E-state index contributed by atoms with van der Waals surface area (Å²) in [6.45, 7) is 5.08. The Morgan fingerprint density at radius 1 is 1.30 bits per heavy atom. The first-order valence-electron chi connectivity index (χ1n) is 7.54. The molecule has 0 bridgehead atoms. The Labute approximate surface area is 132 Å². The van der Waals surface area contributed by atoms with Gasteiger partial charge in [-0.2, -0.15) is 13.2 Å². The molecule has 1 aromatic rings. The minimum atomic E-state index is -4.48. The lowest BCUT2D eigenvalue weighted by Crippen LogP contribution is -2.39. The number of anilines is 1. The van der Waals surface area contributed by atoms with Crippen molar-refractivity contribution in [3.63, 3.8) is 0 Å². The largest absolute Gasteiger partial charge is 0.433 e. The van der Waals surface area contributed by atoms with Crippen LogP contribution in [0.4, 0.5) is 19.1 Å². The van der Waals surface area contributed by atoms with Gasteiger partial charge in [0.2, 0.25) is 11.9 Å². The quantitative estimate of drug-likeness (QED) is 0.897. The lowest BCUT2D eigenvalue weighted by atomic mass is 10.3. The SMILES string of the molecule is CCNC(=O)CN1CCCN(c2nccc(C(F)(F)F)n2)CC1. The van der Waals surface area contributed by atoms with E-state index in [1.165, 1.54) is 0 Å². The molecule has 0 radical (unpaired) electrons. The molecule has 128 valence electrons. The molecule has 0 spiro atoms. The summed E-state index contributed by atoms with van der Waals surface area (Å²) in [5.41, 5.74) is -0.939. The highest BCUT2D eigenvalue weighted by Gasteiger charge is 2.33. The van der Waals surface area contributed by atoms with Gasteiger partial charge in [-0.15, -0.1) is 0 Å². The number of nitrogens with zero attached hydrogens (tertiary/aromatic N) is 4. The lowest BCUT2D eigenvalue weighted by Gasteiger charge is -2.22. The van der Waals surface area contributed by atoms with Gasteiger partial charge in [0, 0.05) is 38.9 Å². The van der Waals surface area contributed by atoms with Gasteiger partial charge in [-0.1, -0.05) is 0 Å². The number of hydrogen-bond acceptors (Lipinski definition) is 5. The summed E-state index contributed by atoms with van der Waals surface area (Å²) in [5.74, 6) is 0.0379. The van der Waals surface area contributed by atoms with Gasteiger partial charge in [0.25, 0.3) is 0 Å². The minimum Gasteiger partial charge on any atom is -0.355 e. The minimum absolute atomic E-state index is 0.0451. The van der Waals surface area contributed by atoms with Crippen molar-refractivity contribution in [2.24, 2.45) is 0 Å². The van der Waals surface area contributed by atoms with Crippen LogP contribution in [0.3, 0.4) is 0 Å². The molecule has 23 heavy (non-hydrogen) atoms. The van der Waals surface area contributed by atoms with Crippen LogP contribution < -0.4 is 10.2 Å². The molecule has 1 amide bonds. The van der Waals surface area contributed by atoms with E-state index in [-0.39, 0.29) is 11.9 Å². The van der Waals surface area contributed by atoms with E-state index in [2.05, 4.69) is 15.3 Å². The average molecular weight is 331 g/mol. The summed E-state index contributed by atoms with van der Waals surface area (Å²) in [6.07, 6.45) is -2.62. The van der Waals surface area contributed by atoms with Gasteiger partial charge < -0.3 is 10.2 Å². The molecule has 0 unspecified atom stereocenters. The number of hydrogen-bond donors (Lipinski definition) is 1. The van der Waals surface area contributed by atoms with Crippen LogP contribution >= 0.6 is 0 Å². The van der Waals surface area contributed by atoms with Crippen LogP contribution in [-0.4, -0.2) is 60.0 Å². The molecule has 0 saturated carbocycles. The second kappa shape index (κ2) is 7.58. The van der Waals surface area contributed by atoms with Crippen molar-refractivity contribution in [1.29, 1.82) is 0 Å². The van der Waals surface area contributed by atoms with Gasteiger partial charge in [0.15, 0.2) is 0 Å². The van der Waals surface area contributed by atoms with Crippen molar-refractivity contribution >= 4 is 11.9 Å². The van der Waals surface area contributed by atoms with Gasteiger partial charge in [-0.3, -0.25) is 9.69 Å². The third kappa shape index (κ3) is 5.05. The Hall–Kier alpha value is -1.90. The predicted octanol–water partition coefficient (Wildman–Crippen LogP) is 1.14. The molecule has 0 atom stereocenters. The van der Waals surface area contributed by atoms with E-state index < -0.39 is 11.9 Å². The highest BCUT2D eigenvalue weighted by atomic mass is 19.4. The molecule has 2 rings (SSSR count). The molecule has 0 aromatic carbocycles. The zero-order valence-electron chi connectivity index (χ0n) is 12.9. The molecule has 1 aromatic heterocycles. The van der Waals surface area contributed by atoms with E-state index in [0.717, 1.165) is 18.7 Å². The maximum absolute atomic E-state index is 12.7. The first-order chi connectivity index (χ1) is 10.9. The summed E-state index contributed by atoms with van der Waals surface area (Å²) < 4.78 is 38.2. The topological polar surface area (TPSA) is 61.4 Å². The van der Waals surface area contributed by atoms with Crippen LogP contribution in [0.15, 0.2) is 12.3 Å². The maximum Gasteiger partial charge on any atom is 0.433 e. The first kappa shape index (κ1) is 17.5. The standard InChI is InChI=1S/C14H20F3N5O/c1-2-18-12(23)10-21-6-3-7-22(9-8-21)13-19-5-4-11(20-13)14(15,16)17/h4-5H,2-3,6-10H2,1H3,(H,18,23). The van der Waals surface area contributed by atoms with Gasteiger partial charge in [0.1, 0.15) is 5.69 Å². The average Bonchev–Trinajstić information content (AvgIpc) is 2.72. The highest BCUT2D eigenvalue weighted by molar-refractivity contribution is 5.77. The van der Waals surface area contributed by atoms with E-state index in [9.17, 15) is 18.0 Å². The van der Waals surface area contributed by atoms with Crippen LogP contribution in [0.1, 0.15) is 19.0 Å². The van der Waals surface area contributed by atoms with Crippen LogP contribution in [0.25, 0.3) is 0 Å². The molecule has 2 heterocycles. The summed E-state index contributed by atoms with van der Waals surface area (Å²) in [5, 5.41) is 2.74. The molecular weight excluding hydrogens is 311 g/mol. The molecule has 9 heteroatoms. The Bertz CT molecular complexity index is 537. The molecular formula is C14H20F3N5O. The van der Waals surface area contributed by atoms with Crippen LogP contribution in [0.5, 0.6) is 0 Å². The Morgan fingerprint density at radius 2 is 2.09 bits per heavy atom. The van der Waals surface area contributed by atoms with E-state index in [1.807, 2.05) is 11.8 Å². The van der Waals surface area contributed by atoms with Gasteiger partial charge in [-0.25, -0.2) is 9.97 Å². The molecule has 0 aliphatic carbocycles. The molecule has 1 aliphatic heterocycles. The van der Waals surface area contributed by atoms with Gasteiger partial charge in [-0.05, 0) is 19.4 Å². The van der Waals surface area contributed by atoms with Crippen LogP contribution in [0.2, 0.25) is 0 Å². The third-order valence-electron chi connectivity index (χ3n) is 3.55. The fraction of sp³-hybridized carbons (Fsp3) is 0.643. The number of likely N-dealkylation sites (N-methyl/N-ethyl adjacent to an activating group) is 1. The highest BCUT2D eigenvalue weighted by Crippen LogP contribution is 2.28. The monoisotopic (exact) mass is 331 g/mol. The Balaban J connectivity index is 1.99. The summed E-state index contributed by atoms with van der Waals surface area (Å²) in [6, 6.07) is 0.864. The number of nitrogens with one attached hydrogen (secondary N) is 1. The number of carbonyl (C=O) groups is 1. The van der Waals surface area contributed by atoms with E-state index in [4.69, 9.17) is 0 Å². The van der Waals surface area contributed by atoms with Crippen molar-refractivity contribution in [1.82, 2.24) is 20.2 Å². The number of aromatic nitrogens is 2. The van der Waals surface area contributed by atoms with E-state index >= 15 is 0 Å². The molecule has 1 saturated heterocycles. The second-order valence-corrected chi connectivity index (χ2v) is 5.31. The molecule has 1 aliphatic rings. The maximum atomic E-state index is 12.7. The van der Waals surface area contributed by atoms with Crippen molar-refractivity contribution in [2.45, 2.75) is 19.5 Å². The Kier molecular flexibility index (Phi) is 5.75. The summed E-state index contributed by atoms with van der Waals surface area (Å²) >= 11 is 0. The Morgan fingerprint density at radius 3 is 2.78 bits per heavy atom. The fourth-order valence-corrected chi connectivity index (χ4v) is 2.44. The fourth-order valence-electron chi connectivity index (χ4n) is 2.44. The normalized spacial score (nSPS) is 17.0. The molecule has 1 N–H and O–H groups in total. The van der Waals surface area contributed by atoms with Crippen LogP contribution in [-0.2, 0) is 11.0 Å². The summed E-state index contributed by atoms with van der Waals surface area (Å²) in [7, 11) is 0. The number of alkyl halides is 3. The molecule has 1 fully saturated rings. The van der Waals surface area contributed by atoms with Crippen molar-refractivity contribution in [2.75, 3.05) is 44.2 Å². The zero-order chi connectivity index (χ0) is 16.9. The first-order valence-corrected chi connectivity index (χ1v) is 7.54. The van der Waals surface area contributed by atoms with E-state index in [0.29, 0.717) is 39.3 Å². The smallest absolute Gasteiger partial charge is 0.355 e. The van der Waals surface area contributed by atoms with Gasteiger partial charge in [0.05, 0.1) is 6.54 Å².